The zero-order chi connectivity index (χ0) is 14.6. The number of Topliss-reactive ketones (excluding diaryl/α,β-unsaturated/α-hetero) is 1. The summed E-state index contributed by atoms with van der Waals surface area (Å²) in [4.78, 5) is 22.7. The molecule has 1 rings (SSSR count). The Hall–Kier alpha value is -2.41. The van der Waals surface area contributed by atoms with Gasteiger partial charge in [0, 0.05) is 5.41 Å². The number of hydrogen-bond acceptors (Lipinski definition) is 3. The number of carboxylic acids is 1. The predicted molar refractivity (Wildman–Crippen MR) is 71.5 cm³/mol. The summed E-state index contributed by atoms with van der Waals surface area (Å²) >= 11 is 0. The van der Waals surface area contributed by atoms with Gasteiger partial charge < -0.3 is 5.11 Å². The maximum atomic E-state index is 12.0. The van der Waals surface area contributed by atoms with E-state index in [2.05, 4.69) is 0 Å². The third kappa shape index (κ3) is 3.78. The molecule has 0 radical (unpaired) electrons. The molecule has 0 aliphatic rings. The van der Waals surface area contributed by atoms with Crippen molar-refractivity contribution in [3.63, 3.8) is 0 Å². The van der Waals surface area contributed by atoms with Crippen LogP contribution in [0.5, 0.6) is 0 Å². The fraction of sp³-hybridized carbons (Fsp3) is 0.267. The first-order valence-electron chi connectivity index (χ1n) is 5.75. The van der Waals surface area contributed by atoms with E-state index in [1.165, 1.54) is 18.2 Å². The van der Waals surface area contributed by atoms with Crippen molar-refractivity contribution in [2.45, 2.75) is 20.8 Å². The Balaban J connectivity index is 3.10. The van der Waals surface area contributed by atoms with E-state index in [1.54, 1.807) is 32.9 Å². The normalized spacial score (nSPS) is 11.8. The van der Waals surface area contributed by atoms with Gasteiger partial charge in [-0.25, -0.2) is 4.79 Å². The number of benzene rings is 1. The van der Waals surface area contributed by atoms with Crippen molar-refractivity contribution in [1.29, 1.82) is 5.26 Å². The van der Waals surface area contributed by atoms with E-state index in [0.29, 0.717) is 5.56 Å². The molecule has 0 aliphatic carbocycles. The summed E-state index contributed by atoms with van der Waals surface area (Å²) < 4.78 is 0. The van der Waals surface area contributed by atoms with Gasteiger partial charge in [0.25, 0.3) is 0 Å². The summed E-state index contributed by atoms with van der Waals surface area (Å²) in [5.74, 6) is -1.25. The average Bonchev–Trinajstić information content (AvgIpc) is 2.34. The van der Waals surface area contributed by atoms with Gasteiger partial charge in [0.05, 0.1) is 11.1 Å². The number of ketones is 1. The zero-order valence-electron chi connectivity index (χ0n) is 11.1. The lowest BCUT2D eigenvalue weighted by atomic mass is 9.86. The molecule has 0 saturated carbocycles. The molecule has 0 aliphatic heterocycles. The summed E-state index contributed by atoms with van der Waals surface area (Å²) in [7, 11) is 0. The first-order chi connectivity index (χ1) is 8.75. The predicted octanol–water partition coefficient (Wildman–Crippen LogP) is 2.91. The molecular weight excluding hydrogens is 242 g/mol. The minimum Gasteiger partial charge on any atom is -0.478 e. The number of carboxylic acid groups (broad SMARTS) is 1. The van der Waals surface area contributed by atoms with Crippen LogP contribution in [0.4, 0.5) is 0 Å². The molecule has 0 amide bonds. The molecule has 19 heavy (non-hydrogen) atoms. The van der Waals surface area contributed by atoms with Crippen molar-refractivity contribution in [2.24, 2.45) is 5.41 Å². The van der Waals surface area contributed by atoms with Gasteiger partial charge >= 0.3 is 5.97 Å². The van der Waals surface area contributed by atoms with Crippen molar-refractivity contribution in [3.05, 3.63) is 41.0 Å². The van der Waals surface area contributed by atoms with Crippen LogP contribution >= 0.6 is 0 Å². The molecule has 4 nitrogen and oxygen atoms in total. The van der Waals surface area contributed by atoms with Crippen LogP contribution < -0.4 is 0 Å². The van der Waals surface area contributed by atoms with Crippen LogP contribution in [0.1, 0.15) is 36.7 Å². The van der Waals surface area contributed by atoms with E-state index in [9.17, 15) is 9.59 Å². The van der Waals surface area contributed by atoms with Crippen LogP contribution in [-0.2, 0) is 4.79 Å². The van der Waals surface area contributed by atoms with Gasteiger partial charge in [0.15, 0.2) is 5.78 Å². The number of aromatic carboxylic acids is 1. The van der Waals surface area contributed by atoms with Gasteiger partial charge in [0.1, 0.15) is 6.07 Å². The topological polar surface area (TPSA) is 78.2 Å². The summed E-state index contributed by atoms with van der Waals surface area (Å²) in [6.07, 6.45) is 1.47. The first-order valence-corrected chi connectivity index (χ1v) is 5.75. The molecule has 1 aromatic carbocycles. The summed E-state index contributed by atoms with van der Waals surface area (Å²) in [6.45, 7) is 5.23. The monoisotopic (exact) mass is 257 g/mol. The van der Waals surface area contributed by atoms with Crippen LogP contribution in [0.3, 0.4) is 0 Å². The maximum absolute atomic E-state index is 12.0. The third-order valence-electron chi connectivity index (χ3n) is 2.51. The molecule has 0 aromatic heterocycles. The summed E-state index contributed by atoms with van der Waals surface area (Å²) in [5.41, 5.74) is 0.232. The highest BCUT2D eigenvalue weighted by molar-refractivity contribution is 6.06. The molecular formula is C15H15NO3. The molecule has 1 N–H and O–H groups in total. The van der Waals surface area contributed by atoms with Crippen LogP contribution in [-0.4, -0.2) is 16.9 Å². The fourth-order valence-corrected chi connectivity index (χ4v) is 1.44. The molecule has 0 spiro atoms. The van der Waals surface area contributed by atoms with Crippen LogP contribution in [0.2, 0.25) is 0 Å². The Labute approximate surface area is 112 Å². The van der Waals surface area contributed by atoms with Crippen molar-refractivity contribution in [1.82, 2.24) is 0 Å². The van der Waals surface area contributed by atoms with Crippen LogP contribution in [0, 0.1) is 16.7 Å². The zero-order valence-corrected chi connectivity index (χ0v) is 11.1. The molecule has 0 bridgehead atoms. The van der Waals surface area contributed by atoms with Crippen molar-refractivity contribution in [3.8, 4) is 6.07 Å². The van der Waals surface area contributed by atoms with Crippen molar-refractivity contribution >= 4 is 17.8 Å². The Morgan fingerprint density at radius 1 is 1.21 bits per heavy atom. The largest absolute Gasteiger partial charge is 0.478 e. The average molecular weight is 257 g/mol. The number of carbonyl (C=O) groups is 2. The number of carbonyl (C=O) groups excluding carboxylic acids is 1. The van der Waals surface area contributed by atoms with Gasteiger partial charge in [-0.3, -0.25) is 4.79 Å². The van der Waals surface area contributed by atoms with Crippen LogP contribution in [0.15, 0.2) is 29.8 Å². The molecule has 98 valence electrons. The lowest BCUT2D eigenvalue weighted by Gasteiger charge is -2.15. The standard InChI is InChI=1S/C15H15NO3/c1-15(2,3)13(17)12(9-16)8-10-4-6-11(7-5-10)14(18)19/h4-8H,1-3H3,(H,18,19). The number of hydrogen-bond donors (Lipinski definition) is 1. The lowest BCUT2D eigenvalue weighted by molar-refractivity contribution is -0.121. The highest BCUT2D eigenvalue weighted by Gasteiger charge is 2.24. The molecule has 0 heterocycles. The number of rotatable bonds is 3. The minimum absolute atomic E-state index is 0.0653. The minimum atomic E-state index is -1.01. The molecule has 0 atom stereocenters. The third-order valence-corrected chi connectivity index (χ3v) is 2.51. The molecule has 0 saturated heterocycles. The Kier molecular flexibility index (Phi) is 4.23. The van der Waals surface area contributed by atoms with Crippen LogP contribution in [0.25, 0.3) is 6.08 Å². The van der Waals surface area contributed by atoms with E-state index in [1.807, 2.05) is 6.07 Å². The Morgan fingerprint density at radius 2 is 1.74 bits per heavy atom. The van der Waals surface area contributed by atoms with Crippen molar-refractivity contribution in [2.75, 3.05) is 0 Å². The highest BCUT2D eigenvalue weighted by Crippen LogP contribution is 2.21. The Morgan fingerprint density at radius 3 is 2.11 bits per heavy atom. The van der Waals surface area contributed by atoms with Crippen molar-refractivity contribution < 1.29 is 14.7 Å². The van der Waals surface area contributed by atoms with Gasteiger partial charge in [-0.1, -0.05) is 32.9 Å². The second-order valence-electron chi connectivity index (χ2n) is 5.18. The quantitative estimate of drug-likeness (QED) is 0.667. The molecule has 0 fully saturated rings. The highest BCUT2D eigenvalue weighted by atomic mass is 16.4. The van der Waals surface area contributed by atoms with Gasteiger partial charge in [-0.2, -0.15) is 5.26 Å². The molecule has 0 unspecified atom stereocenters. The second kappa shape index (κ2) is 5.49. The fourth-order valence-electron chi connectivity index (χ4n) is 1.44. The van der Waals surface area contributed by atoms with E-state index in [4.69, 9.17) is 10.4 Å². The molecule has 4 heteroatoms. The van der Waals surface area contributed by atoms with Gasteiger partial charge in [-0.05, 0) is 23.8 Å². The van der Waals surface area contributed by atoms with E-state index < -0.39 is 11.4 Å². The SMILES string of the molecule is CC(C)(C)C(=O)C(C#N)=Cc1ccc(C(=O)O)cc1. The van der Waals surface area contributed by atoms with Gasteiger partial charge in [0.2, 0.25) is 0 Å². The van der Waals surface area contributed by atoms with Gasteiger partial charge in [-0.15, -0.1) is 0 Å². The smallest absolute Gasteiger partial charge is 0.335 e. The second-order valence-corrected chi connectivity index (χ2v) is 5.18. The summed E-state index contributed by atoms with van der Waals surface area (Å²) in [6, 6.07) is 7.89. The first kappa shape index (κ1) is 14.7. The lowest BCUT2D eigenvalue weighted by Crippen LogP contribution is -2.21. The Bertz CT molecular complexity index is 569. The van der Waals surface area contributed by atoms with E-state index in [-0.39, 0.29) is 16.9 Å². The number of allylic oxidation sites excluding steroid dienone is 1. The number of nitrogens with zero attached hydrogens (tertiary/aromatic N) is 1. The van der Waals surface area contributed by atoms with E-state index >= 15 is 0 Å². The maximum Gasteiger partial charge on any atom is 0.335 e. The molecule has 1 aromatic rings. The number of nitriles is 1. The summed E-state index contributed by atoms with van der Waals surface area (Å²) in [5, 5.41) is 17.8. The van der Waals surface area contributed by atoms with E-state index in [0.717, 1.165) is 0 Å².